The first-order chi connectivity index (χ1) is 12.9. The van der Waals surface area contributed by atoms with E-state index in [0.717, 1.165) is 23.5 Å². The number of carbonyl (C=O) groups excluding carboxylic acids is 2. The van der Waals surface area contributed by atoms with E-state index in [1.54, 1.807) is 11.1 Å². The number of carbonyl (C=O) groups is 2. The van der Waals surface area contributed by atoms with Crippen LogP contribution in [0.3, 0.4) is 0 Å². The van der Waals surface area contributed by atoms with Crippen molar-refractivity contribution >= 4 is 17.5 Å². The zero-order chi connectivity index (χ0) is 19.1. The van der Waals surface area contributed by atoms with Gasteiger partial charge in [0, 0.05) is 36.8 Å². The average Bonchev–Trinajstić information content (AvgIpc) is 3.03. The molecule has 7 heteroatoms. The van der Waals surface area contributed by atoms with Crippen molar-refractivity contribution in [2.45, 2.75) is 45.7 Å². The summed E-state index contributed by atoms with van der Waals surface area (Å²) in [5.74, 6) is -0.279. The Morgan fingerprint density at radius 3 is 2.96 bits per heavy atom. The maximum Gasteiger partial charge on any atom is 0.231 e. The molecular formula is C20H21FN4O2. The van der Waals surface area contributed by atoms with Crippen LogP contribution < -0.4 is 5.32 Å². The minimum atomic E-state index is -0.679. The van der Waals surface area contributed by atoms with E-state index in [4.69, 9.17) is 0 Å². The second-order valence-electron chi connectivity index (χ2n) is 7.59. The van der Waals surface area contributed by atoms with Crippen LogP contribution in [0.15, 0.2) is 24.4 Å². The molecular weight excluding hydrogens is 347 g/mol. The third-order valence-corrected chi connectivity index (χ3v) is 4.96. The number of benzene rings is 1. The summed E-state index contributed by atoms with van der Waals surface area (Å²) in [7, 11) is 0. The molecule has 0 fully saturated rings. The molecule has 3 heterocycles. The number of nitrogens with zero attached hydrogens (tertiary/aromatic N) is 3. The summed E-state index contributed by atoms with van der Waals surface area (Å²) in [4.78, 5) is 35.8. The van der Waals surface area contributed by atoms with E-state index in [2.05, 4.69) is 29.1 Å². The SMILES string of the molecule is CC(C)Cc1ncc2c(n1)CN(C(=O)[C@@H]1CC(=O)Nc3ccc(F)cc31)C2. The zero-order valence-corrected chi connectivity index (χ0v) is 15.3. The maximum absolute atomic E-state index is 13.7. The van der Waals surface area contributed by atoms with E-state index >= 15 is 0 Å². The van der Waals surface area contributed by atoms with E-state index in [-0.39, 0.29) is 18.2 Å². The molecule has 1 atom stereocenters. The van der Waals surface area contributed by atoms with Gasteiger partial charge in [0.2, 0.25) is 11.8 Å². The van der Waals surface area contributed by atoms with Crippen molar-refractivity contribution in [1.82, 2.24) is 14.9 Å². The van der Waals surface area contributed by atoms with Crippen molar-refractivity contribution in [2.75, 3.05) is 5.32 Å². The molecule has 1 aromatic carbocycles. The van der Waals surface area contributed by atoms with Crippen LogP contribution in [-0.4, -0.2) is 26.7 Å². The third kappa shape index (κ3) is 3.41. The average molecular weight is 368 g/mol. The summed E-state index contributed by atoms with van der Waals surface area (Å²) in [6, 6.07) is 4.12. The number of amides is 2. The van der Waals surface area contributed by atoms with Crippen molar-refractivity contribution in [1.29, 1.82) is 0 Å². The molecule has 0 unspecified atom stereocenters. The number of rotatable bonds is 3. The van der Waals surface area contributed by atoms with Gasteiger partial charge in [-0.05, 0) is 29.7 Å². The van der Waals surface area contributed by atoms with E-state index in [9.17, 15) is 14.0 Å². The van der Waals surface area contributed by atoms with Crippen LogP contribution in [0.2, 0.25) is 0 Å². The molecule has 0 bridgehead atoms. The zero-order valence-electron chi connectivity index (χ0n) is 15.3. The quantitative estimate of drug-likeness (QED) is 0.904. The van der Waals surface area contributed by atoms with Crippen LogP contribution in [0.1, 0.15) is 48.8 Å². The van der Waals surface area contributed by atoms with Gasteiger partial charge in [-0.3, -0.25) is 9.59 Å². The number of hydrogen-bond donors (Lipinski definition) is 1. The van der Waals surface area contributed by atoms with Crippen molar-refractivity contribution in [3.05, 3.63) is 52.9 Å². The highest BCUT2D eigenvalue weighted by Crippen LogP contribution is 2.35. The van der Waals surface area contributed by atoms with Gasteiger partial charge in [0.1, 0.15) is 11.6 Å². The van der Waals surface area contributed by atoms with Gasteiger partial charge < -0.3 is 10.2 Å². The molecule has 27 heavy (non-hydrogen) atoms. The predicted molar refractivity (Wildman–Crippen MR) is 97.2 cm³/mol. The molecule has 0 spiro atoms. The van der Waals surface area contributed by atoms with Crippen molar-refractivity contribution in [3.8, 4) is 0 Å². The Morgan fingerprint density at radius 1 is 1.37 bits per heavy atom. The molecule has 2 aliphatic heterocycles. The Hall–Kier alpha value is -2.83. The number of anilines is 1. The Labute approximate surface area is 156 Å². The number of fused-ring (bicyclic) bond motifs is 2. The topological polar surface area (TPSA) is 75.2 Å². The second-order valence-corrected chi connectivity index (χ2v) is 7.59. The summed E-state index contributed by atoms with van der Waals surface area (Å²) in [6.07, 6.45) is 2.59. The van der Waals surface area contributed by atoms with Crippen LogP contribution >= 0.6 is 0 Å². The summed E-state index contributed by atoms with van der Waals surface area (Å²) in [5, 5.41) is 2.71. The lowest BCUT2D eigenvalue weighted by Crippen LogP contribution is -2.35. The van der Waals surface area contributed by atoms with Gasteiger partial charge in [-0.2, -0.15) is 0 Å². The van der Waals surface area contributed by atoms with Gasteiger partial charge in [0.25, 0.3) is 0 Å². The molecule has 140 valence electrons. The highest BCUT2D eigenvalue weighted by Gasteiger charge is 2.36. The monoisotopic (exact) mass is 368 g/mol. The molecule has 6 nitrogen and oxygen atoms in total. The van der Waals surface area contributed by atoms with Crippen molar-refractivity contribution < 1.29 is 14.0 Å². The molecule has 0 saturated heterocycles. The lowest BCUT2D eigenvalue weighted by Gasteiger charge is -2.28. The fourth-order valence-electron chi connectivity index (χ4n) is 3.69. The first kappa shape index (κ1) is 17.6. The molecule has 2 aliphatic rings. The highest BCUT2D eigenvalue weighted by molar-refractivity contribution is 6.01. The van der Waals surface area contributed by atoms with Gasteiger partial charge in [-0.25, -0.2) is 14.4 Å². The van der Waals surface area contributed by atoms with E-state index in [1.165, 1.54) is 18.2 Å². The Kier molecular flexibility index (Phi) is 4.37. The molecule has 0 radical (unpaired) electrons. The minimum Gasteiger partial charge on any atom is -0.332 e. The Bertz CT molecular complexity index is 928. The van der Waals surface area contributed by atoms with Crippen LogP contribution in [0.4, 0.5) is 10.1 Å². The van der Waals surface area contributed by atoms with E-state index in [0.29, 0.717) is 30.3 Å². The smallest absolute Gasteiger partial charge is 0.231 e. The first-order valence-electron chi connectivity index (χ1n) is 9.12. The largest absolute Gasteiger partial charge is 0.332 e. The summed E-state index contributed by atoms with van der Waals surface area (Å²) < 4.78 is 13.7. The number of hydrogen-bond acceptors (Lipinski definition) is 4. The number of aromatic nitrogens is 2. The van der Waals surface area contributed by atoms with Crippen molar-refractivity contribution in [2.24, 2.45) is 5.92 Å². The summed E-state index contributed by atoms with van der Waals surface area (Å²) in [6.45, 7) is 5.03. The molecule has 2 amide bonds. The Morgan fingerprint density at radius 2 is 2.19 bits per heavy atom. The number of nitrogens with one attached hydrogen (secondary N) is 1. The molecule has 1 N–H and O–H groups in total. The minimum absolute atomic E-state index is 0.0202. The standard InChI is InChI=1S/C20H21FN4O2/c1-11(2)5-18-22-8-12-9-25(10-17(12)23-18)20(27)15-7-19(26)24-16-4-3-13(21)6-14(15)16/h3-4,6,8,11,15H,5,7,9-10H2,1-2H3,(H,24,26)/t15-/m1/s1. The molecule has 1 aromatic heterocycles. The summed E-state index contributed by atoms with van der Waals surface area (Å²) >= 11 is 0. The fraction of sp³-hybridized carbons (Fsp3) is 0.400. The Balaban J connectivity index is 1.57. The van der Waals surface area contributed by atoms with Gasteiger partial charge in [-0.1, -0.05) is 13.8 Å². The highest BCUT2D eigenvalue weighted by atomic mass is 19.1. The predicted octanol–water partition coefficient (Wildman–Crippen LogP) is 2.78. The molecule has 4 rings (SSSR count). The van der Waals surface area contributed by atoms with Crippen LogP contribution in [-0.2, 0) is 29.1 Å². The summed E-state index contributed by atoms with van der Waals surface area (Å²) in [5.41, 5.74) is 2.81. The number of halogens is 1. The second kappa shape index (κ2) is 6.72. The lowest BCUT2D eigenvalue weighted by molar-refractivity contribution is -0.135. The van der Waals surface area contributed by atoms with E-state index in [1.807, 2.05) is 0 Å². The third-order valence-electron chi connectivity index (χ3n) is 4.96. The van der Waals surface area contributed by atoms with Gasteiger partial charge in [0.05, 0.1) is 18.2 Å². The van der Waals surface area contributed by atoms with Gasteiger partial charge in [-0.15, -0.1) is 0 Å². The van der Waals surface area contributed by atoms with Gasteiger partial charge >= 0.3 is 0 Å². The van der Waals surface area contributed by atoms with Crippen molar-refractivity contribution in [3.63, 3.8) is 0 Å². The lowest BCUT2D eigenvalue weighted by atomic mass is 9.89. The fourth-order valence-corrected chi connectivity index (χ4v) is 3.69. The van der Waals surface area contributed by atoms with Crippen LogP contribution in [0.25, 0.3) is 0 Å². The molecule has 0 aliphatic carbocycles. The van der Waals surface area contributed by atoms with Crippen LogP contribution in [0.5, 0.6) is 0 Å². The van der Waals surface area contributed by atoms with Crippen LogP contribution in [0, 0.1) is 11.7 Å². The first-order valence-corrected chi connectivity index (χ1v) is 9.12. The van der Waals surface area contributed by atoms with Gasteiger partial charge in [0.15, 0.2) is 0 Å². The van der Waals surface area contributed by atoms with E-state index < -0.39 is 11.7 Å². The normalized spacial score (nSPS) is 18.3. The molecule has 0 saturated carbocycles. The molecule has 2 aromatic rings. The maximum atomic E-state index is 13.7.